The number of halogens is 2. The zero-order chi connectivity index (χ0) is 26.6. The van der Waals surface area contributed by atoms with Crippen LogP contribution in [0.2, 0.25) is 0 Å². The first-order valence-corrected chi connectivity index (χ1v) is 11.7. The van der Waals surface area contributed by atoms with Gasteiger partial charge in [0.05, 0.1) is 24.8 Å². The van der Waals surface area contributed by atoms with E-state index >= 15 is 0 Å². The van der Waals surface area contributed by atoms with Crippen LogP contribution >= 0.6 is 0 Å². The number of nitrogens with one attached hydrogen (secondary N) is 1. The van der Waals surface area contributed by atoms with Crippen molar-refractivity contribution in [3.8, 4) is 11.4 Å². The molecular formula is C23H25F2N9O3. The second-order valence-corrected chi connectivity index (χ2v) is 10.5. The van der Waals surface area contributed by atoms with Crippen molar-refractivity contribution in [2.45, 2.75) is 50.7 Å². The molecule has 2 aliphatic rings. The number of rotatable bonds is 5. The minimum Gasteiger partial charge on any atom is -0.444 e. The highest BCUT2D eigenvalue weighted by Crippen LogP contribution is 2.42. The third-order valence-electron chi connectivity index (χ3n) is 6.27. The summed E-state index contributed by atoms with van der Waals surface area (Å²) in [4.78, 5) is 38.4. The summed E-state index contributed by atoms with van der Waals surface area (Å²) >= 11 is 0. The Morgan fingerprint density at radius 1 is 1.30 bits per heavy atom. The first-order chi connectivity index (χ1) is 17.4. The van der Waals surface area contributed by atoms with Gasteiger partial charge in [0.2, 0.25) is 24.3 Å². The third kappa shape index (κ3) is 4.68. The molecule has 12 nitrogen and oxygen atoms in total. The van der Waals surface area contributed by atoms with Gasteiger partial charge in [-0.05, 0) is 20.8 Å². The lowest BCUT2D eigenvalue weighted by atomic mass is 9.81. The molecule has 4 heterocycles. The molecule has 0 atom stereocenters. The number of anilines is 1. The predicted octanol–water partition coefficient (Wildman–Crippen LogP) is 2.84. The summed E-state index contributed by atoms with van der Waals surface area (Å²) < 4.78 is 34.7. The maximum Gasteiger partial charge on any atom is 0.410 e. The van der Waals surface area contributed by atoms with Crippen molar-refractivity contribution in [1.29, 1.82) is 0 Å². The summed E-state index contributed by atoms with van der Waals surface area (Å²) in [6.45, 7) is 13.4. The van der Waals surface area contributed by atoms with Crippen LogP contribution in [0.5, 0.6) is 0 Å². The van der Waals surface area contributed by atoms with Gasteiger partial charge in [0.25, 0.3) is 0 Å². The van der Waals surface area contributed by atoms with E-state index in [1.54, 1.807) is 43.9 Å². The Bertz CT molecular complexity index is 1400. The van der Waals surface area contributed by atoms with Crippen LogP contribution in [0, 0.1) is 12.5 Å². The number of likely N-dealkylation sites (tertiary alicyclic amines) is 1. The van der Waals surface area contributed by atoms with E-state index in [0.717, 1.165) is 0 Å². The Hall–Kier alpha value is -4.15. The Kier molecular flexibility index (Phi) is 5.61. The minimum absolute atomic E-state index is 0.0154. The average Bonchev–Trinajstić information content (AvgIpc) is 3.39. The fourth-order valence-electron chi connectivity index (χ4n) is 4.41. The van der Waals surface area contributed by atoms with Gasteiger partial charge in [0.15, 0.2) is 17.0 Å². The molecule has 0 bridgehead atoms. The van der Waals surface area contributed by atoms with Gasteiger partial charge in [-0.2, -0.15) is 14.6 Å². The lowest BCUT2D eigenvalue weighted by molar-refractivity contribution is -0.145. The maximum atomic E-state index is 13.1. The molecular weight excluding hydrogens is 488 g/mol. The van der Waals surface area contributed by atoms with Gasteiger partial charge in [0.1, 0.15) is 5.60 Å². The lowest BCUT2D eigenvalue weighted by Gasteiger charge is -2.46. The molecule has 1 aliphatic carbocycles. The molecule has 2 fully saturated rings. The smallest absolute Gasteiger partial charge is 0.410 e. The fraction of sp³-hybridized carbons (Fsp3) is 0.522. The predicted molar refractivity (Wildman–Crippen MR) is 126 cm³/mol. The zero-order valence-corrected chi connectivity index (χ0v) is 20.5. The highest BCUT2D eigenvalue weighted by atomic mass is 19.3. The van der Waals surface area contributed by atoms with Gasteiger partial charge < -0.3 is 14.5 Å². The first kappa shape index (κ1) is 24.5. The van der Waals surface area contributed by atoms with Crippen molar-refractivity contribution in [3.63, 3.8) is 0 Å². The summed E-state index contributed by atoms with van der Waals surface area (Å²) in [5, 5.41) is 11.2. The second kappa shape index (κ2) is 8.46. The number of carbonyl (C=O) groups excluding carboxylic acids is 2. The molecule has 1 aliphatic heterocycles. The monoisotopic (exact) mass is 513 g/mol. The molecule has 1 saturated carbocycles. The van der Waals surface area contributed by atoms with Crippen LogP contribution < -0.4 is 5.32 Å². The molecule has 0 unspecified atom stereocenters. The number of fused-ring (bicyclic) bond motifs is 1. The number of ether oxygens (including phenoxy) is 1. The van der Waals surface area contributed by atoms with E-state index < -0.39 is 47.8 Å². The van der Waals surface area contributed by atoms with Gasteiger partial charge >= 0.3 is 6.09 Å². The quantitative estimate of drug-likeness (QED) is 0.521. The molecule has 194 valence electrons. The van der Waals surface area contributed by atoms with E-state index in [4.69, 9.17) is 11.3 Å². The van der Waals surface area contributed by atoms with Gasteiger partial charge in [-0.25, -0.2) is 25.1 Å². The molecule has 37 heavy (non-hydrogen) atoms. The fourth-order valence-corrected chi connectivity index (χ4v) is 4.41. The highest BCUT2D eigenvalue weighted by molar-refractivity contribution is 5.92. The van der Waals surface area contributed by atoms with E-state index in [9.17, 15) is 18.4 Å². The van der Waals surface area contributed by atoms with Gasteiger partial charge in [-0.3, -0.25) is 14.8 Å². The first-order valence-electron chi connectivity index (χ1n) is 11.7. The molecule has 0 aromatic carbocycles. The van der Waals surface area contributed by atoms with E-state index in [0.29, 0.717) is 17.0 Å². The van der Waals surface area contributed by atoms with Gasteiger partial charge in [0, 0.05) is 37.2 Å². The molecule has 3 aromatic heterocycles. The lowest BCUT2D eigenvalue weighted by Crippen LogP contribution is -2.66. The van der Waals surface area contributed by atoms with Crippen LogP contribution in [0.25, 0.3) is 21.9 Å². The number of hydrogen-bond donors (Lipinski definition) is 1. The normalized spacial score (nSPS) is 18.5. The van der Waals surface area contributed by atoms with Crippen LogP contribution in [0.15, 0.2) is 24.7 Å². The topological polar surface area (TPSA) is 124 Å². The van der Waals surface area contributed by atoms with Crippen molar-refractivity contribution in [2.75, 3.05) is 25.0 Å². The van der Waals surface area contributed by atoms with Crippen molar-refractivity contribution < 1.29 is 23.1 Å². The Morgan fingerprint density at radius 2 is 2.03 bits per heavy atom. The molecule has 14 heteroatoms. The third-order valence-corrected chi connectivity index (χ3v) is 6.27. The van der Waals surface area contributed by atoms with E-state index in [-0.39, 0.29) is 25.6 Å². The van der Waals surface area contributed by atoms with Crippen molar-refractivity contribution in [1.82, 2.24) is 34.3 Å². The Labute approximate surface area is 210 Å². The zero-order valence-electron chi connectivity index (χ0n) is 20.5. The molecule has 1 saturated heterocycles. The van der Waals surface area contributed by atoms with Crippen molar-refractivity contribution >= 4 is 23.6 Å². The highest BCUT2D eigenvalue weighted by Gasteiger charge is 2.52. The van der Waals surface area contributed by atoms with E-state index in [1.807, 2.05) is 0 Å². The summed E-state index contributed by atoms with van der Waals surface area (Å²) in [7, 11) is 0. The van der Waals surface area contributed by atoms with Crippen LogP contribution in [-0.2, 0) is 15.1 Å². The summed E-state index contributed by atoms with van der Waals surface area (Å²) in [5.41, 5.74) is -0.371. The van der Waals surface area contributed by atoms with Crippen LogP contribution in [0.3, 0.4) is 0 Å². The van der Waals surface area contributed by atoms with Crippen molar-refractivity contribution in [3.05, 3.63) is 36.1 Å². The summed E-state index contributed by atoms with van der Waals surface area (Å²) in [5.74, 6) is -3.77. The average molecular weight is 514 g/mol. The second-order valence-electron chi connectivity index (χ2n) is 10.5. The largest absolute Gasteiger partial charge is 0.444 e. The van der Waals surface area contributed by atoms with Crippen LogP contribution in [0.1, 0.15) is 33.6 Å². The van der Waals surface area contributed by atoms with E-state index in [2.05, 4.69) is 30.3 Å². The molecule has 2 amide bonds. The standard InChI is InChI=1S/C23H25F2N9O3/c1-21(2,3)37-20(36)32-12-22(13-32,11-26-4)33-10-15(9-28-33)17-27-6-5-16-29-19(31-34(16)17)30-18(35)14-7-23(24,25)8-14/h5-6,9-10,14H,7-8,11-13H2,1-3H3,(H,30,31,35). The van der Waals surface area contributed by atoms with Gasteiger partial charge in [-0.1, -0.05) is 0 Å². The summed E-state index contributed by atoms with van der Waals surface area (Å²) in [6, 6.07) is 1.60. The summed E-state index contributed by atoms with van der Waals surface area (Å²) in [6.07, 6.45) is 3.38. The number of aromatic nitrogens is 6. The molecule has 1 N–H and O–H groups in total. The number of alkyl halides is 2. The molecule has 5 rings (SSSR count). The van der Waals surface area contributed by atoms with Crippen LogP contribution in [0.4, 0.5) is 19.5 Å². The molecule has 3 aromatic rings. The van der Waals surface area contributed by atoms with Crippen LogP contribution in [-0.4, -0.2) is 77.4 Å². The Morgan fingerprint density at radius 3 is 2.68 bits per heavy atom. The maximum absolute atomic E-state index is 13.1. The molecule has 0 spiro atoms. The Balaban J connectivity index is 1.35. The number of hydrogen-bond acceptors (Lipinski definition) is 7. The van der Waals surface area contributed by atoms with Gasteiger partial charge in [-0.15, -0.1) is 5.10 Å². The number of carbonyl (C=O) groups is 2. The molecule has 0 radical (unpaired) electrons. The minimum atomic E-state index is -2.80. The number of nitrogens with zero attached hydrogens (tertiary/aromatic N) is 8. The SMILES string of the molecule is [C-]#[N+]CC1(n2cc(-c3nccc4nc(NC(=O)C5CC(F)(F)C5)nn34)cn2)CN(C(=O)OC(C)(C)C)C1. The van der Waals surface area contributed by atoms with E-state index in [1.165, 1.54) is 15.6 Å². The number of amides is 2. The van der Waals surface area contributed by atoms with Crippen molar-refractivity contribution in [2.24, 2.45) is 5.92 Å².